The van der Waals surface area contributed by atoms with E-state index in [0.717, 1.165) is 5.56 Å². The van der Waals surface area contributed by atoms with Gasteiger partial charge in [0, 0.05) is 50.6 Å². The lowest BCUT2D eigenvalue weighted by Crippen LogP contribution is -2.34. The predicted octanol–water partition coefficient (Wildman–Crippen LogP) is 1.63. The predicted molar refractivity (Wildman–Crippen MR) is 88.6 cm³/mol. The van der Waals surface area contributed by atoms with Crippen molar-refractivity contribution in [3.63, 3.8) is 0 Å². The van der Waals surface area contributed by atoms with Gasteiger partial charge in [0.2, 0.25) is 5.88 Å². The molecule has 0 aliphatic carbocycles. The highest BCUT2D eigenvalue weighted by molar-refractivity contribution is 5.37. The van der Waals surface area contributed by atoms with E-state index < -0.39 is 6.17 Å². The molecule has 24 heavy (non-hydrogen) atoms. The van der Waals surface area contributed by atoms with E-state index in [9.17, 15) is 4.39 Å². The summed E-state index contributed by atoms with van der Waals surface area (Å²) in [4.78, 5) is 10.4. The maximum absolute atomic E-state index is 13.9. The summed E-state index contributed by atoms with van der Waals surface area (Å²) in [6.45, 7) is 4.25. The zero-order valence-electron chi connectivity index (χ0n) is 14.0. The molecule has 0 unspecified atom stereocenters. The van der Waals surface area contributed by atoms with Crippen LogP contribution in [0.1, 0.15) is 18.9 Å². The molecule has 1 N–H and O–H groups in total. The summed E-state index contributed by atoms with van der Waals surface area (Å²) < 4.78 is 21.0. The van der Waals surface area contributed by atoms with E-state index in [1.807, 2.05) is 26.4 Å². The Morgan fingerprint density at radius 3 is 3.04 bits per heavy atom. The summed E-state index contributed by atoms with van der Waals surface area (Å²) >= 11 is 0. The molecule has 2 aromatic heterocycles. The van der Waals surface area contributed by atoms with Crippen LogP contribution in [0.4, 0.5) is 10.2 Å². The van der Waals surface area contributed by atoms with Crippen LogP contribution >= 0.6 is 0 Å². The Labute approximate surface area is 140 Å². The van der Waals surface area contributed by atoms with Crippen LogP contribution in [0.5, 0.6) is 5.88 Å². The zero-order valence-corrected chi connectivity index (χ0v) is 14.0. The molecular formula is C16H23FN6O. The van der Waals surface area contributed by atoms with E-state index in [-0.39, 0.29) is 6.04 Å². The molecule has 2 atom stereocenters. The molecule has 0 radical (unpaired) electrons. The van der Waals surface area contributed by atoms with Gasteiger partial charge in [-0.3, -0.25) is 9.58 Å². The topological polar surface area (TPSA) is 68.1 Å². The minimum atomic E-state index is -0.794. The van der Waals surface area contributed by atoms with Crippen molar-refractivity contribution in [3.8, 4) is 5.88 Å². The lowest BCUT2D eigenvalue weighted by Gasteiger charge is -2.23. The number of anilines is 1. The van der Waals surface area contributed by atoms with Crippen molar-refractivity contribution in [1.29, 1.82) is 0 Å². The molecule has 7 nitrogen and oxygen atoms in total. The Morgan fingerprint density at radius 2 is 2.29 bits per heavy atom. The van der Waals surface area contributed by atoms with Crippen LogP contribution in [0.15, 0.2) is 24.8 Å². The molecule has 1 aliphatic heterocycles. The van der Waals surface area contributed by atoms with Crippen molar-refractivity contribution in [2.75, 3.05) is 25.0 Å². The van der Waals surface area contributed by atoms with Gasteiger partial charge in [0.05, 0.1) is 12.8 Å². The SMILES string of the molecule is CCOc1cc(NC[C@@H]2C[C@H](F)CN2Cc2cnn(C)c2)ncn1. The van der Waals surface area contributed by atoms with Crippen molar-refractivity contribution < 1.29 is 9.13 Å². The first-order chi connectivity index (χ1) is 11.6. The molecule has 130 valence electrons. The molecule has 1 fully saturated rings. The maximum Gasteiger partial charge on any atom is 0.218 e. The fourth-order valence-electron chi connectivity index (χ4n) is 3.00. The zero-order chi connectivity index (χ0) is 16.9. The molecule has 0 spiro atoms. The summed E-state index contributed by atoms with van der Waals surface area (Å²) in [7, 11) is 1.88. The Balaban J connectivity index is 1.59. The van der Waals surface area contributed by atoms with Crippen molar-refractivity contribution in [2.24, 2.45) is 7.05 Å². The minimum absolute atomic E-state index is 0.116. The van der Waals surface area contributed by atoms with Crippen LogP contribution in [0.3, 0.4) is 0 Å². The summed E-state index contributed by atoms with van der Waals surface area (Å²) in [6.07, 6.45) is 4.99. The van der Waals surface area contributed by atoms with Gasteiger partial charge in [-0.2, -0.15) is 5.10 Å². The Hall–Kier alpha value is -2.22. The number of rotatable bonds is 7. The van der Waals surface area contributed by atoms with Gasteiger partial charge in [0.25, 0.3) is 0 Å². The molecule has 2 aromatic rings. The molecule has 1 aliphatic rings. The average molecular weight is 334 g/mol. The molecule has 0 amide bonds. The number of aryl methyl sites for hydroxylation is 1. The number of likely N-dealkylation sites (tertiary alicyclic amines) is 1. The number of aromatic nitrogens is 4. The smallest absolute Gasteiger partial charge is 0.218 e. The van der Waals surface area contributed by atoms with E-state index in [1.165, 1.54) is 6.33 Å². The standard InChI is InChI=1S/C16H23FN6O/c1-3-24-16-5-15(19-11-20-16)18-7-14-4-13(17)10-23(14)9-12-6-21-22(2)8-12/h5-6,8,11,13-14H,3-4,7,9-10H2,1-2H3,(H,18,19,20)/t13-,14-/m0/s1. The first kappa shape index (κ1) is 16.6. The van der Waals surface area contributed by atoms with E-state index in [4.69, 9.17) is 4.74 Å². The average Bonchev–Trinajstić information content (AvgIpc) is 3.12. The third-order valence-corrected chi connectivity index (χ3v) is 4.07. The van der Waals surface area contributed by atoms with Gasteiger partial charge >= 0.3 is 0 Å². The molecule has 0 bridgehead atoms. The van der Waals surface area contributed by atoms with Crippen LogP contribution in [0.2, 0.25) is 0 Å². The second-order valence-electron chi connectivity index (χ2n) is 5.99. The van der Waals surface area contributed by atoms with E-state index in [2.05, 4.69) is 25.3 Å². The van der Waals surface area contributed by atoms with Crippen molar-refractivity contribution in [2.45, 2.75) is 32.1 Å². The van der Waals surface area contributed by atoms with Crippen molar-refractivity contribution >= 4 is 5.82 Å². The summed E-state index contributed by atoms with van der Waals surface area (Å²) in [5.41, 5.74) is 1.09. The molecule has 1 saturated heterocycles. The lowest BCUT2D eigenvalue weighted by molar-refractivity contribution is 0.241. The van der Waals surface area contributed by atoms with Gasteiger partial charge in [-0.1, -0.05) is 0 Å². The first-order valence-electron chi connectivity index (χ1n) is 8.18. The van der Waals surface area contributed by atoms with Gasteiger partial charge in [-0.25, -0.2) is 14.4 Å². The van der Waals surface area contributed by atoms with Gasteiger partial charge in [-0.05, 0) is 13.3 Å². The Morgan fingerprint density at radius 1 is 1.42 bits per heavy atom. The minimum Gasteiger partial charge on any atom is -0.478 e. The third kappa shape index (κ3) is 4.19. The highest BCUT2D eigenvalue weighted by atomic mass is 19.1. The largest absolute Gasteiger partial charge is 0.478 e. The Bertz CT molecular complexity index is 664. The third-order valence-electron chi connectivity index (χ3n) is 4.07. The van der Waals surface area contributed by atoms with E-state index >= 15 is 0 Å². The fourth-order valence-corrected chi connectivity index (χ4v) is 3.00. The van der Waals surface area contributed by atoms with Gasteiger partial charge < -0.3 is 10.1 Å². The van der Waals surface area contributed by atoms with Crippen LogP contribution in [-0.4, -0.2) is 56.6 Å². The van der Waals surface area contributed by atoms with Crippen LogP contribution in [-0.2, 0) is 13.6 Å². The first-order valence-corrected chi connectivity index (χ1v) is 8.18. The quantitative estimate of drug-likeness (QED) is 0.830. The molecular weight excluding hydrogens is 311 g/mol. The summed E-state index contributed by atoms with van der Waals surface area (Å²) in [5.74, 6) is 1.23. The summed E-state index contributed by atoms with van der Waals surface area (Å²) in [5, 5.41) is 7.44. The molecule has 0 aromatic carbocycles. The van der Waals surface area contributed by atoms with Crippen LogP contribution in [0, 0.1) is 0 Å². The van der Waals surface area contributed by atoms with Crippen LogP contribution < -0.4 is 10.1 Å². The van der Waals surface area contributed by atoms with Gasteiger partial charge in [0.15, 0.2) is 0 Å². The number of ether oxygens (including phenoxy) is 1. The molecule has 3 heterocycles. The second-order valence-corrected chi connectivity index (χ2v) is 5.99. The van der Waals surface area contributed by atoms with E-state index in [0.29, 0.717) is 44.4 Å². The number of nitrogens with one attached hydrogen (secondary N) is 1. The number of alkyl halides is 1. The lowest BCUT2D eigenvalue weighted by atomic mass is 10.2. The van der Waals surface area contributed by atoms with Crippen LogP contribution in [0.25, 0.3) is 0 Å². The van der Waals surface area contributed by atoms with E-state index in [1.54, 1.807) is 10.7 Å². The Kier molecular flexibility index (Phi) is 5.24. The normalized spacial score (nSPS) is 21.1. The fraction of sp³-hybridized carbons (Fsp3) is 0.562. The van der Waals surface area contributed by atoms with Crippen molar-refractivity contribution in [1.82, 2.24) is 24.6 Å². The van der Waals surface area contributed by atoms with Gasteiger partial charge in [0.1, 0.15) is 18.3 Å². The second kappa shape index (κ2) is 7.57. The van der Waals surface area contributed by atoms with Crippen molar-refractivity contribution in [3.05, 3.63) is 30.4 Å². The highest BCUT2D eigenvalue weighted by Gasteiger charge is 2.32. The number of hydrogen-bond donors (Lipinski definition) is 1. The van der Waals surface area contributed by atoms with Gasteiger partial charge in [-0.15, -0.1) is 0 Å². The molecule has 0 saturated carbocycles. The highest BCUT2D eigenvalue weighted by Crippen LogP contribution is 2.23. The number of hydrogen-bond acceptors (Lipinski definition) is 6. The number of halogens is 1. The maximum atomic E-state index is 13.9. The molecule has 8 heteroatoms. The molecule has 3 rings (SSSR count). The monoisotopic (exact) mass is 334 g/mol. The number of nitrogens with zero attached hydrogens (tertiary/aromatic N) is 5. The summed E-state index contributed by atoms with van der Waals surface area (Å²) in [6, 6.07) is 1.88.